The lowest BCUT2D eigenvalue weighted by Gasteiger charge is -2.27. The van der Waals surface area contributed by atoms with Gasteiger partial charge in [0, 0.05) is 11.6 Å². The van der Waals surface area contributed by atoms with Crippen LogP contribution in [0.15, 0.2) is 48.5 Å². The van der Waals surface area contributed by atoms with Gasteiger partial charge in [-0.15, -0.1) is 0 Å². The first kappa shape index (κ1) is 20.2. The number of amides is 1. The molecule has 0 spiro atoms. The third kappa shape index (κ3) is 4.65. The molecule has 0 saturated heterocycles. The second kappa shape index (κ2) is 9.11. The molecule has 1 saturated carbocycles. The molecule has 5 nitrogen and oxygen atoms in total. The smallest absolute Gasteiger partial charge is 0.317 e. The Hall–Kier alpha value is -2.53. The van der Waals surface area contributed by atoms with E-state index in [0.29, 0.717) is 11.6 Å². The highest BCUT2D eigenvalue weighted by molar-refractivity contribution is 6.30. The van der Waals surface area contributed by atoms with Crippen LogP contribution in [0.4, 0.5) is 0 Å². The van der Waals surface area contributed by atoms with Gasteiger partial charge in [0.15, 0.2) is 6.61 Å². The van der Waals surface area contributed by atoms with Crippen molar-refractivity contribution in [1.29, 1.82) is 0 Å². The molecule has 1 aliphatic carbocycles. The minimum atomic E-state index is -0.680. The van der Waals surface area contributed by atoms with Gasteiger partial charge < -0.3 is 14.8 Å². The van der Waals surface area contributed by atoms with Crippen LogP contribution < -0.4 is 10.1 Å². The molecule has 148 valence electrons. The molecule has 28 heavy (non-hydrogen) atoms. The van der Waals surface area contributed by atoms with Crippen molar-refractivity contribution in [2.24, 2.45) is 0 Å². The summed E-state index contributed by atoms with van der Waals surface area (Å²) in [5.74, 6) is 0.0911. The molecular formula is C22H24ClNO4. The number of hydrogen-bond acceptors (Lipinski definition) is 4. The maximum Gasteiger partial charge on any atom is 0.317 e. The first-order valence-corrected chi connectivity index (χ1v) is 9.74. The Balaban J connectivity index is 1.55. The average Bonchev–Trinajstić information content (AvgIpc) is 3.22. The van der Waals surface area contributed by atoms with E-state index in [-0.39, 0.29) is 18.5 Å². The summed E-state index contributed by atoms with van der Waals surface area (Å²) in [6, 6.07) is 14.7. The fourth-order valence-corrected chi connectivity index (χ4v) is 3.75. The van der Waals surface area contributed by atoms with Gasteiger partial charge in [0.1, 0.15) is 5.75 Å². The van der Waals surface area contributed by atoms with Crippen LogP contribution in [-0.2, 0) is 26.3 Å². The highest BCUT2D eigenvalue weighted by atomic mass is 35.5. The number of nitrogens with one attached hydrogen (secondary N) is 1. The van der Waals surface area contributed by atoms with Crippen LogP contribution >= 0.6 is 11.6 Å². The highest BCUT2D eigenvalue weighted by Gasteiger charge is 2.44. The molecule has 0 aromatic heterocycles. The lowest BCUT2D eigenvalue weighted by atomic mass is 9.79. The van der Waals surface area contributed by atoms with E-state index >= 15 is 0 Å². The van der Waals surface area contributed by atoms with Crippen molar-refractivity contribution in [2.45, 2.75) is 37.6 Å². The predicted molar refractivity (Wildman–Crippen MR) is 107 cm³/mol. The minimum absolute atomic E-state index is 0.287. The van der Waals surface area contributed by atoms with Crippen molar-refractivity contribution in [3.63, 3.8) is 0 Å². The molecule has 6 heteroatoms. The topological polar surface area (TPSA) is 64.6 Å². The van der Waals surface area contributed by atoms with Crippen LogP contribution in [0.1, 0.15) is 36.8 Å². The SMILES string of the molecule is COc1ccc(CNC(=O)COC(=O)C2(c3ccc(Cl)cc3)CCCC2)cc1. The molecule has 0 atom stereocenters. The van der Waals surface area contributed by atoms with Crippen molar-refractivity contribution in [3.8, 4) is 5.75 Å². The van der Waals surface area contributed by atoms with Crippen LogP contribution in [-0.4, -0.2) is 25.6 Å². The van der Waals surface area contributed by atoms with Gasteiger partial charge >= 0.3 is 5.97 Å². The zero-order valence-electron chi connectivity index (χ0n) is 15.9. The first-order chi connectivity index (χ1) is 13.5. The second-order valence-electron chi connectivity index (χ2n) is 7.00. The fourth-order valence-electron chi connectivity index (χ4n) is 3.62. The number of hydrogen-bond donors (Lipinski definition) is 1. The molecule has 3 rings (SSSR count). The standard InChI is InChI=1S/C22H24ClNO4/c1-27-19-10-4-16(5-11-19)14-24-20(25)15-28-21(26)22(12-2-3-13-22)17-6-8-18(23)9-7-17/h4-11H,2-3,12-15H2,1H3,(H,24,25). The van der Waals surface area contributed by atoms with Gasteiger partial charge in [-0.05, 0) is 48.2 Å². The Kier molecular flexibility index (Phi) is 6.57. The summed E-state index contributed by atoms with van der Waals surface area (Å²) in [5.41, 5.74) is 1.16. The predicted octanol–water partition coefficient (Wildman–Crippen LogP) is 4.02. The summed E-state index contributed by atoms with van der Waals surface area (Å²) in [4.78, 5) is 25.0. The quantitative estimate of drug-likeness (QED) is 0.711. The van der Waals surface area contributed by atoms with Crippen molar-refractivity contribution >= 4 is 23.5 Å². The third-order valence-corrected chi connectivity index (χ3v) is 5.48. The van der Waals surface area contributed by atoms with E-state index in [1.807, 2.05) is 36.4 Å². The van der Waals surface area contributed by atoms with Crippen LogP contribution in [0, 0.1) is 0 Å². The van der Waals surface area contributed by atoms with Crippen molar-refractivity contribution in [1.82, 2.24) is 5.32 Å². The molecule has 0 aliphatic heterocycles. The maximum absolute atomic E-state index is 12.9. The number of methoxy groups -OCH3 is 1. The first-order valence-electron chi connectivity index (χ1n) is 9.36. The lowest BCUT2D eigenvalue weighted by Crippen LogP contribution is -2.37. The van der Waals surface area contributed by atoms with E-state index in [1.165, 1.54) is 0 Å². The van der Waals surface area contributed by atoms with E-state index in [2.05, 4.69) is 5.32 Å². The van der Waals surface area contributed by atoms with E-state index in [4.69, 9.17) is 21.1 Å². The van der Waals surface area contributed by atoms with Crippen LogP contribution in [0.25, 0.3) is 0 Å². The molecule has 0 heterocycles. The van der Waals surface area contributed by atoms with Gasteiger partial charge in [0.25, 0.3) is 5.91 Å². The molecule has 0 bridgehead atoms. The number of rotatable bonds is 7. The number of ether oxygens (including phenoxy) is 2. The summed E-state index contributed by atoms with van der Waals surface area (Å²) >= 11 is 5.97. The Morgan fingerprint density at radius 3 is 2.29 bits per heavy atom. The van der Waals surface area contributed by atoms with E-state index < -0.39 is 5.41 Å². The molecule has 1 N–H and O–H groups in total. The van der Waals surface area contributed by atoms with Crippen LogP contribution in [0.2, 0.25) is 5.02 Å². The molecule has 1 aliphatic rings. The van der Waals surface area contributed by atoms with Gasteiger partial charge in [-0.3, -0.25) is 9.59 Å². The maximum atomic E-state index is 12.9. The normalized spacial score (nSPS) is 15.1. The minimum Gasteiger partial charge on any atom is -0.497 e. The zero-order chi connectivity index (χ0) is 20.0. The third-order valence-electron chi connectivity index (χ3n) is 5.23. The fraction of sp³-hybridized carbons (Fsp3) is 0.364. The van der Waals surface area contributed by atoms with Crippen molar-refractivity contribution < 1.29 is 19.1 Å². The monoisotopic (exact) mass is 401 g/mol. The number of carbonyl (C=O) groups excluding carboxylic acids is 2. The lowest BCUT2D eigenvalue weighted by molar-refractivity contribution is -0.154. The molecular weight excluding hydrogens is 378 g/mol. The molecule has 2 aromatic rings. The molecule has 0 radical (unpaired) electrons. The molecule has 2 aromatic carbocycles. The van der Waals surface area contributed by atoms with E-state index in [1.54, 1.807) is 19.2 Å². The summed E-state index contributed by atoms with van der Waals surface area (Å²) in [6.07, 6.45) is 3.37. The second-order valence-corrected chi connectivity index (χ2v) is 7.43. The Morgan fingerprint density at radius 2 is 1.68 bits per heavy atom. The zero-order valence-corrected chi connectivity index (χ0v) is 16.6. The number of carbonyl (C=O) groups is 2. The molecule has 0 unspecified atom stereocenters. The molecule has 1 fully saturated rings. The number of halogens is 1. The number of esters is 1. The van der Waals surface area contributed by atoms with Gasteiger partial charge in [-0.25, -0.2) is 0 Å². The summed E-state index contributed by atoms with van der Waals surface area (Å²) in [5, 5.41) is 3.40. The largest absolute Gasteiger partial charge is 0.497 e. The van der Waals surface area contributed by atoms with E-state index in [0.717, 1.165) is 42.6 Å². The van der Waals surface area contributed by atoms with Gasteiger partial charge in [-0.2, -0.15) is 0 Å². The van der Waals surface area contributed by atoms with Crippen molar-refractivity contribution in [3.05, 3.63) is 64.7 Å². The Bertz CT molecular complexity index is 811. The van der Waals surface area contributed by atoms with Gasteiger partial charge in [0.2, 0.25) is 0 Å². The van der Waals surface area contributed by atoms with Crippen LogP contribution in [0.3, 0.4) is 0 Å². The Labute approximate surface area is 170 Å². The van der Waals surface area contributed by atoms with Gasteiger partial charge in [0.05, 0.1) is 12.5 Å². The Morgan fingerprint density at radius 1 is 1.04 bits per heavy atom. The van der Waals surface area contributed by atoms with Crippen molar-refractivity contribution in [2.75, 3.05) is 13.7 Å². The average molecular weight is 402 g/mol. The van der Waals surface area contributed by atoms with Gasteiger partial charge in [-0.1, -0.05) is 48.7 Å². The summed E-state index contributed by atoms with van der Waals surface area (Å²) in [6.45, 7) is 0.0764. The summed E-state index contributed by atoms with van der Waals surface area (Å²) in [7, 11) is 1.60. The highest BCUT2D eigenvalue weighted by Crippen LogP contribution is 2.42. The number of benzene rings is 2. The molecule has 1 amide bonds. The summed E-state index contributed by atoms with van der Waals surface area (Å²) < 4.78 is 10.5. The van der Waals surface area contributed by atoms with E-state index in [9.17, 15) is 9.59 Å². The van der Waals surface area contributed by atoms with Crippen LogP contribution in [0.5, 0.6) is 5.75 Å².